The smallest absolute Gasteiger partial charge is 0.292 e. The summed E-state index contributed by atoms with van der Waals surface area (Å²) in [5, 5.41) is 4.38. The minimum atomic E-state index is -2.95. The van der Waals surface area contributed by atoms with Gasteiger partial charge in [-0.2, -0.15) is 5.10 Å². The van der Waals surface area contributed by atoms with E-state index in [1.165, 1.54) is 28.0 Å². The Hall–Kier alpha value is -3.63. The van der Waals surface area contributed by atoms with E-state index in [0.29, 0.717) is 23.3 Å². The highest BCUT2D eigenvalue weighted by Gasteiger charge is 2.39. The fourth-order valence-electron chi connectivity index (χ4n) is 3.61. The third-order valence-electron chi connectivity index (χ3n) is 4.90. The average molecular weight is 402 g/mol. The second-order valence-electron chi connectivity index (χ2n) is 6.57. The van der Waals surface area contributed by atoms with Crippen molar-refractivity contribution >= 4 is 11.4 Å². The number of pyridine rings is 1. The van der Waals surface area contributed by atoms with Crippen LogP contribution in [0.15, 0.2) is 41.5 Å². The van der Waals surface area contributed by atoms with Crippen LogP contribution in [0.25, 0.3) is 5.52 Å². The summed E-state index contributed by atoms with van der Waals surface area (Å²) in [5.41, 5.74) is 1.69. The number of amides is 1. The van der Waals surface area contributed by atoms with E-state index in [1.807, 2.05) is 0 Å². The third kappa shape index (κ3) is 2.77. The summed E-state index contributed by atoms with van der Waals surface area (Å²) in [6.07, 6.45) is 1.04. The number of oxazole rings is 1. The van der Waals surface area contributed by atoms with Gasteiger partial charge in [0, 0.05) is 18.7 Å². The Morgan fingerprint density at radius 3 is 3.00 bits per heavy atom. The molecule has 5 rings (SSSR count). The molecular weight excluding hydrogens is 389 g/mol. The molecule has 1 aliphatic rings. The highest BCUT2D eigenvalue weighted by Crippen LogP contribution is 2.35. The van der Waals surface area contributed by atoms with Gasteiger partial charge in [-0.3, -0.25) is 4.79 Å². The van der Waals surface area contributed by atoms with Crippen molar-refractivity contribution in [3.8, 4) is 0 Å². The van der Waals surface area contributed by atoms with Crippen LogP contribution in [0, 0.1) is 5.82 Å². The predicted molar refractivity (Wildman–Crippen MR) is 91.8 cm³/mol. The maximum absolute atomic E-state index is 13.6. The van der Waals surface area contributed by atoms with Gasteiger partial charge < -0.3 is 14.3 Å². The van der Waals surface area contributed by atoms with E-state index in [4.69, 9.17) is 4.42 Å². The number of rotatable bonds is 3. The highest BCUT2D eigenvalue weighted by atomic mass is 19.3. The minimum Gasteiger partial charge on any atom is -0.438 e. The third-order valence-corrected chi connectivity index (χ3v) is 4.90. The van der Waals surface area contributed by atoms with Gasteiger partial charge >= 0.3 is 0 Å². The van der Waals surface area contributed by atoms with Gasteiger partial charge in [0.1, 0.15) is 11.9 Å². The van der Waals surface area contributed by atoms with Crippen LogP contribution in [0.2, 0.25) is 0 Å². The number of nitrogens with one attached hydrogen (secondary N) is 1. The number of carbonyl (C=O) groups is 1. The Morgan fingerprint density at radius 1 is 1.31 bits per heavy atom. The molecule has 0 unspecified atom stereocenters. The second-order valence-corrected chi connectivity index (χ2v) is 6.57. The summed E-state index contributed by atoms with van der Waals surface area (Å²) >= 11 is 0. The number of alkyl halides is 2. The number of hydrogen-bond acceptors (Lipinski definition) is 5. The van der Waals surface area contributed by atoms with Gasteiger partial charge in [-0.05, 0) is 18.2 Å². The Balaban J connectivity index is 1.62. The number of H-pyrrole nitrogens is 1. The van der Waals surface area contributed by atoms with E-state index in [0.717, 1.165) is 12.1 Å². The summed E-state index contributed by atoms with van der Waals surface area (Å²) in [4.78, 5) is 25.3. The van der Waals surface area contributed by atoms with E-state index in [-0.39, 0.29) is 6.54 Å². The molecule has 0 aromatic carbocycles. The van der Waals surface area contributed by atoms with E-state index >= 15 is 0 Å². The van der Waals surface area contributed by atoms with Crippen molar-refractivity contribution in [1.29, 1.82) is 0 Å². The molecule has 1 N–H and O–H groups in total. The van der Waals surface area contributed by atoms with E-state index in [9.17, 15) is 18.0 Å². The first-order valence-corrected chi connectivity index (χ1v) is 8.72. The molecular formula is C18H13F3N6O2. The summed E-state index contributed by atoms with van der Waals surface area (Å²) < 4.78 is 46.3. The molecule has 5 heterocycles. The Labute approximate surface area is 161 Å². The predicted octanol–water partition coefficient (Wildman–Crippen LogP) is 2.91. The SMILES string of the molecule is O=C(c1ocnc1C(F)F)N1CCc2[nH]cnc2[C@@H]1c1cc2ccc(F)cn2n1. The number of halogens is 3. The van der Waals surface area contributed by atoms with Crippen molar-refractivity contribution in [3.63, 3.8) is 0 Å². The summed E-state index contributed by atoms with van der Waals surface area (Å²) in [6.45, 7) is 0.226. The van der Waals surface area contributed by atoms with Crippen molar-refractivity contribution in [1.82, 2.24) is 29.5 Å². The van der Waals surface area contributed by atoms with Gasteiger partial charge in [0.05, 0.1) is 29.4 Å². The van der Waals surface area contributed by atoms with Crippen LogP contribution < -0.4 is 0 Å². The van der Waals surface area contributed by atoms with Gasteiger partial charge in [0.25, 0.3) is 12.3 Å². The average Bonchev–Trinajstić information content (AvgIpc) is 3.43. The van der Waals surface area contributed by atoms with E-state index < -0.39 is 35.6 Å². The Kier molecular flexibility index (Phi) is 3.89. The lowest BCUT2D eigenvalue weighted by atomic mass is 9.99. The summed E-state index contributed by atoms with van der Waals surface area (Å²) in [7, 11) is 0. The first-order chi connectivity index (χ1) is 14.0. The molecule has 1 amide bonds. The number of nitrogens with zero attached hydrogens (tertiary/aromatic N) is 5. The van der Waals surface area contributed by atoms with Crippen LogP contribution in [-0.4, -0.2) is 41.9 Å². The Morgan fingerprint density at radius 2 is 2.17 bits per heavy atom. The number of carbonyl (C=O) groups excluding carboxylic acids is 1. The lowest BCUT2D eigenvalue weighted by molar-refractivity contribution is 0.0639. The first-order valence-electron chi connectivity index (χ1n) is 8.72. The molecule has 8 nitrogen and oxygen atoms in total. The van der Waals surface area contributed by atoms with Crippen molar-refractivity contribution in [2.45, 2.75) is 18.9 Å². The molecule has 0 aliphatic carbocycles. The molecule has 0 spiro atoms. The summed E-state index contributed by atoms with van der Waals surface area (Å²) in [5.74, 6) is -1.72. The van der Waals surface area contributed by atoms with E-state index in [2.05, 4.69) is 20.1 Å². The molecule has 4 aromatic rings. The second kappa shape index (κ2) is 6.47. The van der Waals surface area contributed by atoms with Gasteiger partial charge in [-0.15, -0.1) is 0 Å². The van der Waals surface area contributed by atoms with Gasteiger partial charge in [0.15, 0.2) is 12.1 Å². The van der Waals surface area contributed by atoms with Crippen LogP contribution in [0.5, 0.6) is 0 Å². The molecule has 11 heteroatoms. The normalized spacial score (nSPS) is 16.6. The van der Waals surface area contributed by atoms with Crippen LogP contribution in [-0.2, 0) is 6.42 Å². The highest BCUT2D eigenvalue weighted by molar-refractivity contribution is 5.93. The number of aromatic nitrogens is 5. The van der Waals surface area contributed by atoms with Crippen molar-refractivity contribution in [2.75, 3.05) is 6.54 Å². The van der Waals surface area contributed by atoms with Crippen LogP contribution in [0.3, 0.4) is 0 Å². The zero-order valence-electron chi connectivity index (χ0n) is 14.7. The van der Waals surface area contributed by atoms with Gasteiger partial charge in [0.2, 0.25) is 5.76 Å². The van der Waals surface area contributed by atoms with Gasteiger partial charge in [-0.25, -0.2) is 27.7 Å². The van der Waals surface area contributed by atoms with Crippen molar-refractivity contribution in [3.05, 3.63) is 71.5 Å². The standard InChI is InChI=1S/C18H13F3N6O2/c19-9-1-2-10-5-12(25-27(10)6-9)15-13-11(22-7-23-13)3-4-26(15)18(28)16-14(17(20)21)24-8-29-16/h1-2,5-8,15,17H,3-4H2,(H,22,23)/t15-/m0/s1. The number of aromatic amines is 1. The fourth-order valence-corrected chi connectivity index (χ4v) is 3.61. The fraction of sp³-hybridized carbons (Fsp3) is 0.222. The zero-order chi connectivity index (χ0) is 20.1. The monoisotopic (exact) mass is 402 g/mol. The molecule has 0 radical (unpaired) electrons. The molecule has 0 fully saturated rings. The topological polar surface area (TPSA) is 92.3 Å². The molecule has 29 heavy (non-hydrogen) atoms. The maximum atomic E-state index is 13.6. The van der Waals surface area contributed by atoms with Crippen LogP contribution in [0.1, 0.15) is 45.8 Å². The van der Waals surface area contributed by atoms with Crippen molar-refractivity contribution < 1.29 is 22.4 Å². The zero-order valence-corrected chi connectivity index (χ0v) is 14.7. The molecule has 0 saturated heterocycles. The lowest BCUT2D eigenvalue weighted by Crippen LogP contribution is -2.41. The minimum absolute atomic E-state index is 0.226. The Bertz CT molecular complexity index is 1210. The summed E-state index contributed by atoms with van der Waals surface area (Å²) in [6, 6.07) is 3.80. The molecule has 0 saturated carbocycles. The number of fused-ring (bicyclic) bond motifs is 2. The van der Waals surface area contributed by atoms with E-state index in [1.54, 1.807) is 12.1 Å². The van der Waals surface area contributed by atoms with Crippen LogP contribution >= 0.6 is 0 Å². The quantitative estimate of drug-likeness (QED) is 0.569. The molecule has 148 valence electrons. The van der Waals surface area contributed by atoms with Crippen LogP contribution in [0.4, 0.5) is 13.2 Å². The number of hydrogen-bond donors (Lipinski definition) is 1. The molecule has 1 aliphatic heterocycles. The molecule has 1 atom stereocenters. The maximum Gasteiger partial charge on any atom is 0.292 e. The van der Waals surface area contributed by atoms with Gasteiger partial charge in [-0.1, -0.05) is 0 Å². The molecule has 4 aromatic heterocycles. The molecule has 0 bridgehead atoms. The lowest BCUT2D eigenvalue weighted by Gasteiger charge is -2.33. The number of imidazole rings is 1. The van der Waals surface area contributed by atoms with Crippen molar-refractivity contribution in [2.24, 2.45) is 0 Å². The largest absolute Gasteiger partial charge is 0.438 e. The first kappa shape index (κ1) is 17.5.